The number of nitrogens with one attached hydrogen (secondary N) is 1. The van der Waals surface area contributed by atoms with Crippen LogP contribution in [0.2, 0.25) is 0 Å². The van der Waals surface area contributed by atoms with E-state index in [-0.39, 0.29) is 6.61 Å². The van der Waals surface area contributed by atoms with Crippen LogP contribution in [0.4, 0.5) is 5.82 Å². The minimum Gasteiger partial charge on any atom is -0.395 e. The number of fused-ring (bicyclic) bond motifs is 3. The highest BCUT2D eigenvalue weighted by Crippen LogP contribution is 2.38. The van der Waals surface area contributed by atoms with Crippen LogP contribution < -0.4 is 5.32 Å². The van der Waals surface area contributed by atoms with Gasteiger partial charge in [0.05, 0.1) is 12.0 Å². The molecule has 0 saturated carbocycles. The van der Waals surface area contributed by atoms with E-state index in [1.165, 1.54) is 28.7 Å². The largest absolute Gasteiger partial charge is 0.395 e. The predicted octanol–water partition coefficient (Wildman–Crippen LogP) is 1.91. The molecule has 2 N–H and O–H groups in total. The van der Waals surface area contributed by atoms with Gasteiger partial charge < -0.3 is 10.4 Å². The summed E-state index contributed by atoms with van der Waals surface area (Å²) in [4.78, 5) is 13.7. The molecule has 5 nitrogen and oxygen atoms in total. The van der Waals surface area contributed by atoms with Crippen molar-refractivity contribution in [1.82, 2.24) is 14.9 Å². The SMILES string of the molecule is CCN(CCO)CCNc1ncnc2sc3c(c12)CCC3. The van der Waals surface area contributed by atoms with Gasteiger partial charge in [0.15, 0.2) is 0 Å². The zero-order chi connectivity index (χ0) is 14.7. The zero-order valence-corrected chi connectivity index (χ0v) is 13.2. The van der Waals surface area contributed by atoms with Crippen molar-refractivity contribution < 1.29 is 5.11 Å². The van der Waals surface area contributed by atoms with E-state index in [0.29, 0.717) is 0 Å². The second kappa shape index (κ2) is 6.68. The second-order valence-corrected chi connectivity index (χ2v) is 6.43. The third-order valence-corrected chi connectivity index (χ3v) is 5.29. The van der Waals surface area contributed by atoms with E-state index in [9.17, 15) is 0 Å². The van der Waals surface area contributed by atoms with Crippen LogP contribution in [0.3, 0.4) is 0 Å². The number of likely N-dealkylation sites (N-methyl/N-ethyl adjacent to an activating group) is 1. The van der Waals surface area contributed by atoms with Gasteiger partial charge in [-0.05, 0) is 31.4 Å². The van der Waals surface area contributed by atoms with E-state index in [1.54, 1.807) is 6.33 Å². The number of aryl methyl sites for hydroxylation is 2. The fourth-order valence-electron chi connectivity index (χ4n) is 2.96. The Labute approximate surface area is 129 Å². The second-order valence-electron chi connectivity index (χ2n) is 5.34. The molecule has 0 radical (unpaired) electrons. The molecule has 6 heteroatoms. The zero-order valence-electron chi connectivity index (χ0n) is 12.4. The van der Waals surface area contributed by atoms with Crippen LogP contribution in [-0.4, -0.2) is 52.8 Å². The summed E-state index contributed by atoms with van der Waals surface area (Å²) in [5.41, 5.74) is 1.46. The van der Waals surface area contributed by atoms with Crippen LogP contribution >= 0.6 is 11.3 Å². The fourth-order valence-corrected chi connectivity index (χ4v) is 4.19. The molecular formula is C15H22N4OS. The summed E-state index contributed by atoms with van der Waals surface area (Å²) in [7, 11) is 0. The van der Waals surface area contributed by atoms with Gasteiger partial charge in [-0.2, -0.15) is 0 Å². The maximum absolute atomic E-state index is 9.02. The van der Waals surface area contributed by atoms with Gasteiger partial charge in [0.1, 0.15) is 17.0 Å². The number of hydrogen-bond acceptors (Lipinski definition) is 6. The van der Waals surface area contributed by atoms with Gasteiger partial charge in [0.25, 0.3) is 0 Å². The molecule has 2 aromatic heterocycles. The summed E-state index contributed by atoms with van der Waals surface area (Å²) in [6.07, 6.45) is 5.26. The highest BCUT2D eigenvalue weighted by molar-refractivity contribution is 7.19. The normalized spacial score (nSPS) is 14.0. The molecule has 0 unspecified atom stereocenters. The summed E-state index contributed by atoms with van der Waals surface area (Å²) >= 11 is 1.82. The minimum absolute atomic E-state index is 0.212. The van der Waals surface area contributed by atoms with Crippen molar-refractivity contribution in [3.63, 3.8) is 0 Å². The Morgan fingerprint density at radius 2 is 2.24 bits per heavy atom. The lowest BCUT2D eigenvalue weighted by Gasteiger charge is -2.19. The van der Waals surface area contributed by atoms with Crippen molar-refractivity contribution >= 4 is 27.4 Å². The predicted molar refractivity (Wildman–Crippen MR) is 87.1 cm³/mol. The molecule has 0 fully saturated rings. The fraction of sp³-hybridized carbons (Fsp3) is 0.600. The average molecular weight is 306 g/mol. The van der Waals surface area contributed by atoms with Gasteiger partial charge in [-0.25, -0.2) is 9.97 Å². The molecule has 0 atom stereocenters. The first-order valence-electron chi connectivity index (χ1n) is 7.65. The summed E-state index contributed by atoms with van der Waals surface area (Å²) < 4.78 is 0. The number of aromatic nitrogens is 2. The van der Waals surface area contributed by atoms with Gasteiger partial charge in [0.2, 0.25) is 0 Å². The number of anilines is 1. The summed E-state index contributed by atoms with van der Waals surface area (Å²) in [5, 5.41) is 13.7. The Morgan fingerprint density at radius 1 is 1.33 bits per heavy atom. The van der Waals surface area contributed by atoms with Crippen LogP contribution in [-0.2, 0) is 12.8 Å². The van der Waals surface area contributed by atoms with E-state index in [0.717, 1.165) is 43.2 Å². The number of thiophene rings is 1. The van der Waals surface area contributed by atoms with Crippen molar-refractivity contribution in [2.75, 3.05) is 38.1 Å². The number of hydrogen-bond donors (Lipinski definition) is 2. The van der Waals surface area contributed by atoms with E-state index < -0.39 is 0 Å². The summed E-state index contributed by atoms with van der Waals surface area (Å²) in [6, 6.07) is 0. The molecule has 1 aliphatic carbocycles. The topological polar surface area (TPSA) is 61.3 Å². The number of aliphatic hydroxyl groups is 1. The molecular weight excluding hydrogens is 284 g/mol. The molecule has 0 saturated heterocycles. The van der Waals surface area contributed by atoms with E-state index >= 15 is 0 Å². The van der Waals surface area contributed by atoms with Gasteiger partial charge in [-0.1, -0.05) is 6.92 Å². The van der Waals surface area contributed by atoms with Gasteiger partial charge in [0, 0.05) is 24.5 Å². The first-order valence-corrected chi connectivity index (χ1v) is 8.47. The van der Waals surface area contributed by atoms with Crippen LogP contribution in [0.25, 0.3) is 10.2 Å². The first kappa shape index (κ1) is 14.7. The lowest BCUT2D eigenvalue weighted by molar-refractivity contribution is 0.206. The van der Waals surface area contributed by atoms with Crippen molar-refractivity contribution in [1.29, 1.82) is 0 Å². The third-order valence-electron chi connectivity index (χ3n) is 4.09. The van der Waals surface area contributed by atoms with Crippen molar-refractivity contribution in [3.8, 4) is 0 Å². The van der Waals surface area contributed by atoms with Gasteiger partial charge in [-0.3, -0.25) is 4.90 Å². The number of aliphatic hydroxyl groups excluding tert-OH is 1. The molecule has 2 aromatic rings. The van der Waals surface area contributed by atoms with Crippen LogP contribution in [0.1, 0.15) is 23.8 Å². The van der Waals surface area contributed by atoms with Crippen molar-refractivity contribution in [2.24, 2.45) is 0 Å². The van der Waals surface area contributed by atoms with Gasteiger partial charge >= 0.3 is 0 Å². The molecule has 0 amide bonds. The van der Waals surface area contributed by atoms with Gasteiger partial charge in [-0.15, -0.1) is 11.3 Å². The monoisotopic (exact) mass is 306 g/mol. The molecule has 0 aliphatic heterocycles. The van der Waals surface area contributed by atoms with Crippen molar-refractivity contribution in [3.05, 3.63) is 16.8 Å². The van der Waals surface area contributed by atoms with Crippen molar-refractivity contribution in [2.45, 2.75) is 26.2 Å². The molecule has 114 valence electrons. The van der Waals surface area contributed by atoms with Crippen LogP contribution in [0.5, 0.6) is 0 Å². The maximum Gasteiger partial charge on any atom is 0.138 e. The average Bonchev–Trinajstić information content (AvgIpc) is 3.06. The Bertz CT molecular complexity index is 613. The molecule has 0 spiro atoms. The Morgan fingerprint density at radius 3 is 3.05 bits per heavy atom. The van der Waals surface area contributed by atoms with E-state index in [1.807, 2.05) is 11.3 Å². The lowest BCUT2D eigenvalue weighted by Crippen LogP contribution is -2.31. The van der Waals surface area contributed by atoms with E-state index in [2.05, 4.69) is 27.1 Å². The molecule has 3 rings (SSSR count). The van der Waals surface area contributed by atoms with E-state index in [4.69, 9.17) is 5.11 Å². The molecule has 0 bridgehead atoms. The standard InChI is InChI=1S/C15H22N4OS/c1-2-19(8-9-20)7-6-16-14-13-11-4-3-5-12(11)21-15(13)18-10-17-14/h10,20H,2-9H2,1H3,(H,16,17,18). The molecule has 1 aliphatic rings. The molecule has 0 aromatic carbocycles. The Hall–Kier alpha value is -1.24. The van der Waals surface area contributed by atoms with Crippen LogP contribution in [0, 0.1) is 0 Å². The number of rotatable bonds is 7. The summed E-state index contributed by atoms with van der Waals surface area (Å²) in [5.74, 6) is 0.972. The first-order chi connectivity index (χ1) is 10.3. The molecule has 2 heterocycles. The Balaban J connectivity index is 1.72. The summed E-state index contributed by atoms with van der Waals surface area (Å²) in [6.45, 7) is 5.76. The highest BCUT2D eigenvalue weighted by Gasteiger charge is 2.20. The minimum atomic E-state index is 0.212. The molecule has 21 heavy (non-hydrogen) atoms. The third kappa shape index (κ3) is 3.02. The lowest BCUT2D eigenvalue weighted by atomic mass is 10.2. The van der Waals surface area contributed by atoms with Crippen LogP contribution in [0.15, 0.2) is 6.33 Å². The smallest absolute Gasteiger partial charge is 0.138 e. The Kier molecular flexibility index (Phi) is 4.67. The number of nitrogens with zero attached hydrogens (tertiary/aromatic N) is 3. The maximum atomic E-state index is 9.02. The quantitative estimate of drug-likeness (QED) is 0.818. The highest BCUT2D eigenvalue weighted by atomic mass is 32.1.